The number of rotatable bonds is 8. The van der Waals surface area contributed by atoms with E-state index in [1.165, 1.54) is 0 Å². The van der Waals surface area contributed by atoms with Gasteiger partial charge in [-0.15, -0.1) is 0 Å². The van der Waals surface area contributed by atoms with E-state index in [-0.39, 0.29) is 12.5 Å². The van der Waals surface area contributed by atoms with Crippen molar-refractivity contribution in [1.29, 1.82) is 0 Å². The summed E-state index contributed by atoms with van der Waals surface area (Å²) in [7, 11) is 4.17. The van der Waals surface area contributed by atoms with E-state index in [0.29, 0.717) is 18.9 Å². The van der Waals surface area contributed by atoms with Crippen molar-refractivity contribution < 1.29 is 14.7 Å². The standard InChI is InChI=1S/C15H29N3O3/c1-17(2)12-13-7-10-18(11-8-13)15(21)16-9-5-3-4-6-14(19)20/h13H,3-12H2,1-2H3,(H,16,21)(H,19,20). The largest absolute Gasteiger partial charge is 0.481 e. The lowest BCUT2D eigenvalue weighted by molar-refractivity contribution is -0.137. The number of carboxylic acids is 1. The van der Waals surface area contributed by atoms with E-state index in [9.17, 15) is 9.59 Å². The number of urea groups is 1. The van der Waals surface area contributed by atoms with E-state index in [4.69, 9.17) is 5.11 Å². The van der Waals surface area contributed by atoms with Gasteiger partial charge in [0.05, 0.1) is 0 Å². The predicted octanol–water partition coefficient (Wildman–Crippen LogP) is 1.61. The molecule has 1 fully saturated rings. The highest BCUT2D eigenvalue weighted by Gasteiger charge is 2.22. The molecule has 0 aromatic rings. The Bertz CT molecular complexity index is 326. The topological polar surface area (TPSA) is 72.9 Å². The molecule has 0 spiro atoms. The first-order chi connectivity index (χ1) is 9.99. The van der Waals surface area contributed by atoms with E-state index in [2.05, 4.69) is 24.3 Å². The number of amides is 2. The minimum Gasteiger partial charge on any atom is -0.481 e. The third-order valence-electron chi connectivity index (χ3n) is 3.87. The molecule has 1 heterocycles. The van der Waals surface area contributed by atoms with Crippen LogP contribution < -0.4 is 5.32 Å². The van der Waals surface area contributed by atoms with Gasteiger partial charge in [-0.2, -0.15) is 0 Å². The molecule has 1 aliphatic heterocycles. The first-order valence-electron chi connectivity index (χ1n) is 7.88. The van der Waals surface area contributed by atoms with E-state index in [0.717, 1.165) is 45.3 Å². The smallest absolute Gasteiger partial charge is 0.317 e. The number of carbonyl (C=O) groups is 2. The second kappa shape index (κ2) is 9.60. The number of carbonyl (C=O) groups excluding carboxylic acids is 1. The molecule has 1 aliphatic rings. The zero-order valence-electron chi connectivity index (χ0n) is 13.3. The fourth-order valence-electron chi connectivity index (χ4n) is 2.72. The number of nitrogens with zero attached hydrogens (tertiary/aromatic N) is 2. The molecule has 6 nitrogen and oxygen atoms in total. The molecular weight excluding hydrogens is 270 g/mol. The van der Waals surface area contributed by atoms with Crippen molar-refractivity contribution in [2.24, 2.45) is 5.92 Å². The molecule has 2 N–H and O–H groups in total. The van der Waals surface area contributed by atoms with Crippen LogP contribution in [0.5, 0.6) is 0 Å². The molecule has 0 unspecified atom stereocenters. The Labute approximate surface area is 127 Å². The van der Waals surface area contributed by atoms with Crippen LogP contribution in [0.3, 0.4) is 0 Å². The van der Waals surface area contributed by atoms with Gasteiger partial charge in [-0.1, -0.05) is 6.42 Å². The Morgan fingerprint density at radius 2 is 1.86 bits per heavy atom. The lowest BCUT2D eigenvalue weighted by Crippen LogP contribution is -2.45. The van der Waals surface area contributed by atoms with Crippen LogP contribution in [0.2, 0.25) is 0 Å². The van der Waals surface area contributed by atoms with Crippen LogP contribution in [0.15, 0.2) is 0 Å². The highest BCUT2D eigenvalue weighted by Crippen LogP contribution is 2.17. The lowest BCUT2D eigenvalue weighted by atomic mass is 9.97. The third-order valence-corrected chi connectivity index (χ3v) is 3.87. The van der Waals surface area contributed by atoms with Crippen LogP contribution in [0.4, 0.5) is 4.79 Å². The van der Waals surface area contributed by atoms with E-state index in [1.807, 2.05) is 4.90 Å². The maximum atomic E-state index is 12.0. The fourth-order valence-corrected chi connectivity index (χ4v) is 2.72. The Morgan fingerprint density at radius 1 is 1.19 bits per heavy atom. The summed E-state index contributed by atoms with van der Waals surface area (Å²) >= 11 is 0. The molecule has 6 heteroatoms. The van der Waals surface area contributed by atoms with Crippen LogP contribution in [-0.4, -0.2) is 67.2 Å². The summed E-state index contributed by atoms with van der Waals surface area (Å²) in [5, 5.41) is 11.5. The first kappa shape index (κ1) is 17.8. The number of hydrogen-bond donors (Lipinski definition) is 2. The minimum absolute atomic E-state index is 0.0246. The van der Waals surface area contributed by atoms with Gasteiger partial charge in [0.25, 0.3) is 0 Å². The Kier molecular flexibility index (Phi) is 8.12. The molecule has 0 aromatic heterocycles. The van der Waals surface area contributed by atoms with Gasteiger partial charge in [0.1, 0.15) is 0 Å². The van der Waals surface area contributed by atoms with Gasteiger partial charge < -0.3 is 20.2 Å². The number of aliphatic carboxylic acids is 1. The summed E-state index contributed by atoms with van der Waals surface area (Å²) in [6, 6.07) is 0.0246. The number of likely N-dealkylation sites (tertiary alicyclic amines) is 1. The van der Waals surface area contributed by atoms with Crippen LogP contribution in [0, 0.1) is 5.92 Å². The first-order valence-corrected chi connectivity index (χ1v) is 7.88. The molecule has 0 bridgehead atoms. The molecule has 1 rings (SSSR count). The molecular formula is C15H29N3O3. The van der Waals surface area contributed by atoms with Crippen LogP contribution >= 0.6 is 0 Å². The number of hydrogen-bond acceptors (Lipinski definition) is 3. The molecule has 2 amide bonds. The number of unbranched alkanes of at least 4 members (excludes halogenated alkanes) is 2. The highest BCUT2D eigenvalue weighted by atomic mass is 16.4. The van der Waals surface area contributed by atoms with Crippen LogP contribution in [0.1, 0.15) is 38.5 Å². The summed E-state index contributed by atoms with van der Waals surface area (Å²) in [5.74, 6) is -0.0558. The number of piperidine rings is 1. The Hall–Kier alpha value is -1.30. The molecule has 0 aromatic carbocycles. The van der Waals surface area contributed by atoms with Gasteiger partial charge >= 0.3 is 12.0 Å². The second-order valence-electron chi connectivity index (χ2n) is 6.13. The average molecular weight is 299 g/mol. The molecule has 1 saturated heterocycles. The normalized spacial score (nSPS) is 16.2. The quantitative estimate of drug-likeness (QED) is 0.668. The summed E-state index contributed by atoms with van der Waals surface area (Å²) in [4.78, 5) is 26.4. The van der Waals surface area contributed by atoms with Gasteiger partial charge in [0.15, 0.2) is 0 Å². The Balaban J connectivity index is 2.07. The summed E-state index contributed by atoms with van der Waals surface area (Å²) in [6.45, 7) is 3.40. The Morgan fingerprint density at radius 3 is 2.43 bits per heavy atom. The molecule has 122 valence electrons. The monoisotopic (exact) mass is 299 g/mol. The highest BCUT2D eigenvalue weighted by molar-refractivity contribution is 5.74. The third kappa shape index (κ3) is 7.90. The molecule has 0 saturated carbocycles. The van der Waals surface area contributed by atoms with Crippen molar-refractivity contribution >= 4 is 12.0 Å². The molecule has 0 radical (unpaired) electrons. The zero-order chi connectivity index (χ0) is 15.7. The van der Waals surface area contributed by atoms with Crippen molar-refractivity contribution in [3.05, 3.63) is 0 Å². The van der Waals surface area contributed by atoms with E-state index in [1.54, 1.807) is 0 Å². The van der Waals surface area contributed by atoms with Gasteiger partial charge in [-0.05, 0) is 45.7 Å². The van der Waals surface area contributed by atoms with Gasteiger partial charge in [-0.3, -0.25) is 4.79 Å². The zero-order valence-corrected chi connectivity index (χ0v) is 13.3. The number of nitrogens with one attached hydrogen (secondary N) is 1. The van der Waals surface area contributed by atoms with Crippen molar-refractivity contribution in [2.75, 3.05) is 40.3 Å². The summed E-state index contributed by atoms with van der Waals surface area (Å²) in [5.41, 5.74) is 0. The fraction of sp³-hybridized carbons (Fsp3) is 0.867. The number of carboxylic acid groups (broad SMARTS) is 1. The molecule has 0 aliphatic carbocycles. The van der Waals surface area contributed by atoms with E-state index < -0.39 is 5.97 Å². The SMILES string of the molecule is CN(C)CC1CCN(C(=O)NCCCCCC(=O)O)CC1. The van der Waals surface area contributed by atoms with Gasteiger partial charge in [0, 0.05) is 32.6 Å². The van der Waals surface area contributed by atoms with Crippen molar-refractivity contribution in [3.8, 4) is 0 Å². The van der Waals surface area contributed by atoms with E-state index >= 15 is 0 Å². The van der Waals surface area contributed by atoms with Crippen molar-refractivity contribution in [2.45, 2.75) is 38.5 Å². The summed E-state index contributed by atoms with van der Waals surface area (Å²) < 4.78 is 0. The molecule has 0 atom stereocenters. The maximum absolute atomic E-state index is 12.0. The lowest BCUT2D eigenvalue weighted by Gasteiger charge is -2.33. The second-order valence-corrected chi connectivity index (χ2v) is 6.13. The molecule has 21 heavy (non-hydrogen) atoms. The predicted molar refractivity (Wildman–Crippen MR) is 82.4 cm³/mol. The van der Waals surface area contributed by atoms with Crippen molar-refractivity contribution in [3.63, 3.8) is 0 Å². The van der Waals surface area contributed by atoms with Crippen LogP contribution in [0.25, 0.3) is 0 Å². The van der Waals surface area contributed by atoms with Gasteiger partial charge in [-0.25, -0.2) is 4.79 Å². The van der Waals surface area contributed by atoms with Crippen LogP contribution in [-0.2, 0) is 4.79 Å². The average Bonchev–Trinajstić information content (AvgIpc) is 2.42. The van der Waals surface area contributed by atoms with Crippen molar-refractivity contribution in [1.82, 2.24) is 15.1 Å². The van der Waals surface area contributed by atoms with Gasteiger partial charge in [0.2, 0.25) is 0 Å². The minimum atomic E-state index is -0.750. The maximum Gasteiger partial charge on any atom is 0.317 e. The summed E-state index contributed by atoms with van der Waals surface area (Å²) in [6.07, 6.45) is 4.73.